The second-order valence-electron chi connectivity index (χ2n) is 8.64. The number of nitrogens with zero attached hydrogens (tertiary/aromatic N) is 2. The predicted molar refractivity (Wildman–Crippen MR) is 122 cm³/mol. The Morgan fingerprint density at radius 2 is 1.90 bits per heavy atom. The molecule has 1 N–H and O–H groups in total. The van der Waals surface area contributed by atoms with Crippen molar-refractivity contribution in [3.05, 3.63) is 23.8 Å². The van der Waals surface area contributed by atoms with E-state index in [2.05, 4.69) is 29.3 Å². The fourth-order valence-electron chi connectivity index (χ4n) is 4.98. The first-order valence-electron chi connectivity index (χ1n) is 11.4. The Morgan fingerprint density at radius 3 is 2.57 bits per heavy atom. The standard InChI is InChI=1S/C24H39N3O3/c1-5-25-23(27-14-11-19(16-27)17-28-2)26-18-24(12-7-6-8-13-24)20-9-10-21(29-3)22(15-20)30-4/h9-10,15,19H,5-8,11-14,16-18H2,1-4H3,(H,25,26). The molecule has 0 radical (unpaired) electrons. The van der Waals surface area contributed by atoms with E-state index in [-0.39, 0.29) is 5.41 Å². The maximum atomic E-state index is 5.60. The molecule has 1 atom stereocenters. The van der Waals surface area contributed by atoms with Crippen LogP contribution in [-0.4, -0.2) is 65.0 Å². The summed E-state index contributed by atoms with van der Waals surface area (Å²) in [6.45, 7) is 6.71. The summed E-state index contributed by atoms with van der Waals surface area (Å²) in [5.74, 6) is 3.22. The van der Waals surface area contributed by atoms with E-state index in [1.165, 1.54) is 31.2 Å². The Bertz CT molecular complexity index is 701. The lowest BCUT2D eigenvalue weighted by molar-refractivity contribution is 0.157. The minimum absolute atomic E-state index is 0.0597. The SMILES string of the molecule is CCNC(=NCC1(c2ccc(OC)c(OC)c2)CCCCC1)N1CCC(COC)C1. The topological polar surface area (TPSA) is 55.3 Å². The van der Waals surface area contributed by atoms with Crippen LogP contribution < -0.4 is 14.8 Å². The summed E-state index contributed by atoms with van der Waals surface area (Å²) in [5, 5.41) is 3.53. The van der Waals surface area contributed by atoms with E-state index in [9.17, 15) is 0 Å². The Labute approximate surface area is 182 Å². The molecular weight excluding hydrogens is 378 g/mol. The van der Waals surface area contributed by atoms with E-state index in [0.717, 1.165) is 63.1 Å². The lowest BCUT2D eigenvalue weighted by Crippen LogP contribution is -2.42. The average Bonchev–Trinajstić information content (AvgIpc) is 3.25. The summed E-state index contributed by atoms with van der Waals surface area (Å²) >= 11 is 0. The molecule has 30 heavy (non-hydrogen) atoms. The summed E-state index contributed by atoms with van der Waals surface area (Å²) in [5.41, 5.74) is 1.38. The van der Waals surface area contributed by atoms with Gasteiger partial charge < -0.3 is 24.4 Å². The summed E-state index contributed by atoms with van der Waals surface area (Å²) in [4.78, 5) is 7.58. The van der Waals surface area contributed by atoms with Crippen LogP contribution in [0.25, 0.3) is 0 Å². The van der Waals surface area contributed by atoms with E-state index in [1.807, 2.05) is 6.07 Å². The minimum Gasteiger partial charge on any atom is -0.493 e. The third kappa shape index (κ3) is 5.20. The summed E-state index contributed by atoms with van der Waals surface area (Å²) in [6, 6.07) is 6.41. The van der Waals surface area contributed by atoms with Crippen molar-refractivity contribution in [1.29, 1.82) is 0 Å². The van der Waals surface area contributed by atoms with Crippen molar-refractivity contribution in [3.63, 3.8) is 0 Å². The molecule has 1 aliphatic carbocycles. The van der Waals surface area contributed by atoms with Crippen molar-refractivity contribution in [2.45, 2.75) is 50.9 Å². The number of likely N-dealkylation sites (tertiary alicyclic amines) is 1. The highest BCUT2D eigenvalue weighted by Gasteiger charge is 2.35. The second kappa shape index (κ2) is 10.9. The third-order valence-electron chi connectivity index (χ3n) is 6.66. The zero-order chi connectivity index (χ0) is 21.4. The molecule has 1 unspecified atom stereocenters. The van der Waals surface area contributed by atoms with Gasteiger partial charge in [0.1, 0.15) is 0 Å². The van der Waals surface area contributed by atoms with Crippen molar-refractivity contribution in [2.24, 2.45) is 10.9 Å². The van der Waals surface area contributed by atoms with Crippen LogP contribution in [0.5, 0.6) is 11.5 Å². The third-order valence-corrected chi connectivity index (χ3v) is 6.66. The van der Waals surface area contributed by atoms with Gasteiger partial charge in [-0.3, -0.25) is 4.99 Å². The van der Waals surface area contributed by atoms with Crippen molar-refractivity contribution < 1.29 is 14.2 Å². The van der Waals surface area contributed by atoms with Crippen molar-refractivity contribution in [2.75, 3.05) is 54.1 Å². The van der Waals surface area contributed by atoms with Gasteiger partial charge in [-0.25, -0.2) is 0 Å². The maximum Gasteiger partial charge on any atom is 0.193 e. The van der Waals surface area contributed by atoms with Gasteiger partial charge in [0.25, 0.3) is 0 Å². The average molecular weight is 418 g/mol. The van der Waals surface area contributed by atoms with E-state index >= 15 is 0 Å². The van der Waals surface area contributed by atoms with Crippen LogP contribution in [0.15, 0.2) is 23.2 Å². The molecule has 0 aromatic heterocycles. The Morgan fingerprint density at radius 1 is 1.13 bits per heavy atom. The fourth-order valence-corrected chi connectivity index (χ4v) is 4.98. The molecule has 0 bridgehead atoms. The normalized spacial score (nSPS) is 21.5. The molecule has 1 aromatic rings. The molecule has 1 heterocycles. The van der Waals surface area contributed by atoms with Gasteiger partial charge in [-0.15, -0.1) is 0 Å². The van der Waals surface area contributed by atoms with Gasteiger partial charge in [0.05, 0.1) is 27.4 Å². The molecule has 6 heteroatoms. The Balaban J connectivity index is 1.84. The second-order valence-corrected chi connectivity index (χ2v) is 8.64. The van der Waals surface area contributed by atoms with Crippen molar-refractivity contribution >= 4 is 5.96 Å². The number of aliphatic imine (C=N–C) groups is 1. The Kier molecular flexibility index (Phi) is 8.25. The Hall–Kier alpha value is -1.95. The quantitative estimate of drug-likeness (QED) is 0.514. The van der Waals surface area contributed by atoms with Crippen LogP contribution in [0, 0.1) is 5.92 Å². The van der Waals surface area contributed by atoms with Gasteiger partial charge in [0.15, 0.2) is 17.5 Å². The van der Waals surface area contributed by atoms with Gasteiger partial charge >= 0.3 is 0 Å². The number of benzene rings is 1. The highest BCUT2D eigenvalue weighted by Crippen LogP contribution is 2.42. The van der Waals surface area contributed by atoms with Gasteiger partial charge in [-0.05, 0) is 43.9 Å². The molecule has 168 valence electrons. The largest absolute Gasteiger partial charge is 0.493 e. The molecule has 1 saturated heterocycles. The molecule has 2 aliphatic rings. The number of hydrogen-bond donors (Lipinski definition) is 1. The van der Waals surface area contributed by atoms with Crippen LogP contribution >= 0.6 is 0 Å². The van der Waals surface area contributed by atoms with Gasteiger partial charge in [-0.1, -0.05) is 25.3 Å². The fraction of sp³-hybridized carbons (Fsp3) is 0.708. The maximum absolute atomic E-state index is 5.60. The van der Waals surface area contributed by atoms with Crippen LogP contribution in [0.2, 0.25) is 0 Å². The van der Waals surface area contributed by atoms with Crippen LogP contribution in [0.4, 0.5) is 0 Å². The van der Waals surface area contributed by atoms with Gasteiger partial charge in [0.2, 0.25) is 0 Å². The highest BCUT2D eigenvalue weighted by molar-refractivity contribution is 5.80. The van der Waals surface area contributed by atoms with E-state index in [4.69, 9.17) is 19.2 Å². The first-order valence-corrected chi connectivity index (χ1v) is 11.4. The predicted octanol–water partition coefficient (Wildman–Crippen LogP) is 3.84. The zero-order valence-corrected chi connectivity index (χ0v) is 19.2. The van der Waals surface area contributed by atoms with Crippen LogP contribution in [0.1, 0.15) is 51.0 Å². The van der Waals surface area contributed by atoms with Crippen LogP contribution in [-0.2, 0) is 10.2 Å². The molecule has 1 aliphatic heterocycles. The van der Waals surface area contributed by atoms with Gasteiger partial charge in [0, 0.05) is 38.1 Å². The first kappa shape index (κ1) is 22.7. The van der Waals surface area contributed by atoms with E-state index in [1.54, 1.807) is 21.3 Å². The minimum atomic E-state index is 0.0597. The molecule has 1 aromatic carbocycles. The number of methoxy groups -OCH3 is 3. The number of guanidine groups is 1. The van der Waals surface area contributed by atoms with E-state index in [0.29, 0.717) is 5.92 Å². The molecular formula is C24H39N3O3. The monoisotopic (exact) mass is 417 g/mol. The molecule has 3 rings (SSSR count). The summed E-state index contributed by atoms with van der Waals surface area (Å²) in [7, 11) is 5.19. The summed E-state index contributed by atoms with van der Waals surface area (Å²) in [6.07, 6.45) is 7.30. The first-order chi connectivity index (χ1) is 14.7. The number of hydrogen-bond acceptors (Lipinski definition) is 4. The molecule has 6 nitrogen and oxygen atoms in total. The molecule has 0 amide bonds. The smallest absolute Gasteiger partial charge is 0.193 e. The van der Waals surface area contributed by atoms with Crippen molar-refractivity contribution in [3.8, 4) is 11.5 Å². The molecule has 0 spiro atoms. The number of nitrogens with one attached hydrogen (secondary N) is 1. The summed E-state index contributed by atoms with van der Waals surface area (Å²) < 4.78 is 16.4. The lowest BCUT2D eigenvalue weighted by Gasteiger charge is -2.37. The van der Waals surface area contributed by atoms with Gasteiger partial charge in [-0.2, -0.15) is 0 Å². The number of ether oxygens (including phenoxy) is 3. The lowest BCUT2D eigenvalue weighted by atomic mass is 9.69. The number of rotatable bonds is 8. The van der Waals surface area contributed by atoms with Crippen LogP contribution in [0.3, 0.4) is 0 Å². The zero-order valence-electron chi connectivity index (χ0n) is 19.2. The van der Waals surface area contributed by atoms with Crippen molar-refractivity contribution in [1.82, 2.24) is 10.2 Å². The molecule has 2 fully saturated rings. The molecule has 1 saturated carbocycles. The highest BCUT2D eigenvalue weighted by atomic mass is 16.5. The van der Waals surface area contributed by atoms with E-state index < -0.39 is 0 Å².